The highest BCUT2D eigenvalue weighted by Gasteiger charge is 2.55. The van der Waals surface area contributed by atoms with Gasteiger partial charge in [-0.15, -0.1) is 0 Å². The number of rotatable bonds is 5. The van der Waals surface area contributed by atoms with E-state index >= 15 is 0 Å². The van der Waals surface area contributed by atoms with Gasteiger partial charge in [0.05, 0.1) is 6.04 Å². The third-order valence-corrected chi connectivity index (χ3v) is 8.25. The summed E-state index contributed by atoms with van der Waals surface area (Å²) in [7, 11) is -2.47. The first-order chi connectivity index (χ1) is 14.3. The van der Waals surface area contributed by atoms with Gasteiger partial charge in [-0.05, 0) is 71.1 Å². The zero-order valence-electron chi connectivity index (χ0n) is 16.4. The molecule has 1 unspecified atom stereocenters. The number of nitrogens with zero attached hydrogens (tertiary/aromatic N) is 3. The Morgan fingerprint density at radius 1 is 1.37 bits per heavy atom. The van der Waals surface area contributed by atoms with Crippen LogP contribution in [-0.4, -0.2) is 43.1 Å². The second kappa shape index (κ2) is 6.74. The topological polar surface area (TPSA) is 136 Å². The lowest BCUT2D eigenvalue weighted by Crippen LogP contribution is -2.56. The first-order valence-electron chi connectivity index (χ1n) is 9.85. The fourth-order valence-corrected chi connectivity index (χ4v) is 6.28. The molecule has 1 spiro atoms. The Morgan fingerprint density at radius 3 is 2.83 bits per heavy atom. The largest absolute Gasteiger partial charge is 0.362 e. The molecule has 0 bridgehead atoms. The predicted octanol–water partition coefficient (Wildman–Crippen LogP) is 2.63. The number of aromatic nitrogens is 2. The van der Waals surface area contributed by atoms with Crippen LogP contribution in [0.2, 0.25) is 0 Å². The summed E-state index contributed by atoms with van der Waals surface area (Å²) in [5.74, 6) is 0.167. The van der Waals surface area contributed by atoms with Crippen molar-refractivity contribution < 1.29 is 18.4 Å². The fraction of sp³-hybridized carbons (Fsp3) is 0.526. The van der Waals surface area contributed by atoms with E-state index in [1.54, 1.807) is 6.07 Å². The second-order valence-electron chi connectivity index (χ2n) is 8.80. The standard InChI is InChI=1S/C19H23FN6O3S/c1-30(21,28)13-8-19(9-13)6-12(7-19)22-18-16(25-29-26-18)17(24-27)23-15-4-10-2-3-11(20)5-14(10)15/h2-3,5,12-13,15,21,27H,4,6-9H2,1H3,(H,22,26)(H,23,24)/t12?,13?,15-,19?,30?/m0/s1. The number of hydrogen-bond acceptors (Lipinski definition) is 8. The molecule has 3 aliphatic carbocycles. The third kappa shape index (κ3) is 3.25. The molecule has 11 heteroatoms. The van der Waals surface area contributed by atoms with Crippen molar-refractivity contribution in [3.8, 4) is 0 Å². The lowest BCUT2D eigenvalue weighted by Gasteiger charge is -2.57. The summed E-state index contributed by atoms with van der Waals surface area (Å²) in [5, 5.41) is 20.6. The summed E-state index contributed by atoms with van der Waals surface area (Å²) < 4.78 is 37.9. The van der Waals surface area contributed by atoms with Crippen molar-refractivity contribution in [1.82, 2.24) is 15.8 Å². The van der Waals surface area contributed by atoms with Crippen molar-refractivity contribution in [2.45, 2.75) is 49.4 Å². The van der Waals surface area contributed by atoms with Crippen LogP contribution in [0.25, 0.3) is 0 Å². The number of aliphatic imine (C=N–C) groups is 1. The molecular weight excluding hydrogens is 411 g/mol. The van der Waals surface area contributed by atoms with Crippen molar-refractivity contribution in [2.75, 3.05) is 11.6 Å². The fourth-order valence-electron chi connectivity index (χ4n) is 4.94. The molecule has 2 fully saturated rings. The Hall–Kier alpha value is -2.53. The molecule has 160 valence electrons. The SMILES string of the molecule is CS(=N)(=O)C1CC2(CC(Nc3nonc3C(=N[C@H]3Cc4ccc(F)cc43)NO)C2)C1. The summed E-state index contributed by atoms with van der Waals surface area (Å²) in [6.07, 6.45) is 5.63. The van der Waals surface area contributed by atoms with Gasteiger partial charge in [-0.3, -0.25) is 20.5 Å². The van der Waals surface area contributed by atoms with Crippen LogP contribution in [0.15, 0.2) is 27.8 Å². The quantitative estimate of drug-likeness (QED) is 0.323. The van der Waals surface area contributed by atoms with Crippen LogP contribution in [0.1, 0.15) is 48.5 Å². The van der Waals surface area contributed by atoms with Gasteiger partial charge >= 0.3 is 0 Å². The van der Waals surface area contributed by atoms with Crippen LogP contribution in [0, 0.1) is 16.0 Å². The van der Waals surface area contributed by atoms with E-state index in [9.17, 15) is 13.8 Å². The molecule has 9 nitrogen and oxygen atoms in total. The molecular formula is C19H23FN6O3S. The van der Waals surface area contributed by atoms with Crippen LogP contribution in [-0.2, 0) is 16.1 Å². The number of fused-ring (bicyclic) bond motifs is 1. The van der Waals surface area contributed by atoms with Crippen molar-refractivity contribution in [3.05, 3.63) is 40.8 Å². The highest BCUT2D eigenvalue weighted by molar-refractivity contribution is 7.92. The lowest BCUT2D eigenvalue weighted by atomic mass is 9.54. The summed E-state index contributed by atoms with van der Waals surface area (Å²) in [4.78, 5) is 4.46. The number of amidine groups is 1. The normalized spacial score (nSPS) is 31.7. The van der Waals surface area contributed by atoms with Crippen LogP contribution in [0.4, 0.5) is 10.2 Å². The molecule has 0 amide bonds. The Morgan fingerprint density at radius 2 is 2.13 bits per heavy atom. The Bertz CT molecular complexity index is 1120. The van der Waals surface area contributed by atoms with Crippen LogP contribution in [0.3, 0.4) is 0 Å². The van der Waals surface area contributed by atoms with Crippen molar-refractivity contribution in [3.63, 3.8) is 0 Å². The Labute approximate surface area is 173 Å². The minimum atomic E-state index is -2.47. The first-order valence-corrected chi connectivity index (χ1v) is 11.9. The second-order valence-corrected chi connectivity index (χ2v) is 11.3. The molecule has 2 saturated carbocycles. The molecule has 1 aromatic heterocycles. The number of benzene rings is 1. The van der Waals surface area contributed by atoms with Crippen LogP contribution in [0.5, 0.6) is 0 Å². The number of hydroxylamine groups is 1. The van der Waals surface area contributed by atoms with Crippen molar-refractivity contribution in [2.24, 2.45) is 10.4 Å². The number of hydrogen-bond donors (Lipinski definition) is 4. The number of anilines is 1. The van der Waals surface area contributed by atoms with Crippen molar-refractivity contribution >= 4 is 21.4 Å². The van der Waals surface area contributed by atoms with Gasteiger partial charge < -0.3 is 5.32 Å². The molecule has 0 radical (unpaired) electrons. The average Bonchev–Trinajstić information content (AvgIpc) is 3.05. The van der Waals surface area contributed by atoms with Gasteiger partial charge in [-0.2, -0.15) is 0 Å². The van der Waals surface area contributed by atoms with Crippen LogP contribution < -0.4 is 10.8 Å². The van der Waals surface area contributed by atoms with E-state index in [4.69, 9.17) is 9.41 Å². The molecule has 0 saturated heterocycles. The number of nitrogens with one attached hydrogen (secondary N) is 3. The molecule has 30 heavy (non-hydrogen) atoms. The minimum absolute atomic E-state index is 0.00440. The molecule has 1 aromatic carbocycles. The maximum absolute atomic E-state index is 13.5. The molecule has 2 atom stereocenters. The summed E-state index contributed by atoms with van der Waals surface area (Å²) in [6.45, 7) is 0. The summed E-state index contributed by atoms with van der Waals surface area (Å²) in [6, 6.07) is 4.50. The zero-order chi connectivity index (χ0) is 21.1. The van der Waals surface area contributed by atoms with Gasteiger partial charge in [0.2, 0.25) is 5.82 Å². The monoisotopic (exact) mass is 434 g/mol. The van der Waals surface area contributed by atoms with E-state index < -0.39 is 9.73 Å². The molecule has 0 aliphatic heterocycles. The summed E-state index contributed by atoms with van der Waals surface area (Å²) in [5.41, 5.74) is 4.31. The average molecular weight is 434 g/mol. The Kier molecular flexibility index (Phi) is 4.37. The minimum Gasteiger partial charge on any atom is -0.362 e. The van der Waals surface area contributed by atoms with E-state index in [-0.39, 0.29) is 40.1 Å². The molecule has 3 aliphatic rings. The Balaban J connectivity index is 1.25. The van der Waals surface area contributed by atoms with E-state index in [1.165, 1.54) is 18.4 Å². The van der Waals surface area contributed by atoms with Gasteiger partial charge in [0.15, 0.2) is 11.5 Å². The highest BCUT2D eigenvalue weighted by atomic mass is 32.2. The smallest absolute Gasteiger partial charge is 0.202 e. The predicted molar refractivity (Wildman–Crippen MR) is 107 cm³/mol. The van der Waals surface area contributed by atoms with Gasteiger partial charge in [-0.25, -0.2) is 13.2 Å². The third-order valence-electron chi connectivity index (χ3n) is 6.64. The molecule has 1 heterocycles. The van der Waals surface area contributed by atoms with Gasteiger partial charge in [0.1, 0.15) is 5.82 Å². The molecule has 2 aromatic rings. The molecule has 4 N–H and O–H groups in total. The maximum atomic E-state index is 13.5. The van der Waals surface area contributed by atoms with Gasteiger partial charge in [0.25, 0.3) is 0 Å². The first kappa shape index (κ1) is 19.4. The highest BCUT2D eigenvalue weighted by Crippen LogP contribution is 2.58. The van der Waals surface area contributed by atoms with E-state index in [0.29, 0.717) is 12.2 Å². The lowest BCUT2D eigenvalue weighted by molar-refractivity contribution is 0.0236. The van der Waals surface area contributed by atoms with Gasteiger partial charge in [0, 0.05) is 27.3 Å². The van der Waals surface area contributed by atoms with E-state index in [1.807, 2.05) is 0 Å². The zero-order valence-corrected chi connectivity index (χ0v) is 17.2. The molecule has 5 rings (SSSR count). The van der Waals surface area contributed by atoms with Crippen molar-refractivity contribution in [1.29, 1.82) is 4.78 Å². The summed E-state index contributed by atoms with van der Waals surface area (Å²) >= 11 is 0. The maximum Gasteiger partial charge on any atom is 0.202 e. The van der Waals surface area contributed by atoms with Crippen LogP contribution >= 0.6 is 0 Å². The van der Waals surface area contributed by atoms with E-state index in [0.717, 1.165) is 36.8 Å². The number of halogens is 1. The van der Waals surface area contributed by atoms with Gasteiger partial charge in [-0.1, -0.05) is 6.07 Å². The van der Waals surface area contributed by atoms with E-state index in [2.05, 4.69) is 26.1 Å².